The van der Waals surface area contributed by atoms with E-state index >= 15 is 0 Å². The lowest BCUT2D eigenvalue weighted by atomic mass is 9.93. The van der Waals surface area contributed by atoms with E-state index in [4.69, 9.17) is 10.5 Å². The van der Waals surface area contributed by atoms with Gasteiger partial charge in [0, 0.05) is 28.1 Å². The summed E-state index contributed by atoms with van der Waals surface area (Å²) in [6.45, 7) is 4.10. The molecule has 2 aromatic carbocycles. The molecule has 2 aromatic heterocycles. The molecule has 0 atom stereocenters. The Kier molecular flexibility index (Phi) is 4.17. The van der Waals surface area contributed by atoms with E-state index in [0.717, 1.165) is 34.2 Å². The summed E-state index contributed by atoms with van der Waals surface area (Å²) in [5.41, 5.74) is 10.4. The molecule has 26 heavy (non-hydrogen) atoms. The number of hydrogen-bond donors (Lipinski definition) is 1. The van der Waals surface area contributed by atoms with Crippen molar-refractivity contribution in [2.75, 3.05) is 7.11 Å². The van der Waals surface area contributed by atoms with Gasteiger partial charge in [-0.2, -0.15) is 0 Å². The highest BCUT2D eigenvalue weighted by Crippen LogP contribution is 2.41. The fraction of sp³-hybridized carbons (Fsp3) is 0.227. The van der Waals surface area contributed by atoms with Crippen LogP contribution in [-0.2, 0) is 6.42 Å². The van der Waals surface area contributed by atoms with Crippen molar-refractivity contribution in [1.82, 2.24) is 4.98 Å². The second-order valence-electron chi connectivity index (χ2n) is 7.36. The van der Waals surface area contributed by atoms with Gasteiger partial charge < -0.3 is 10.5 Å². The molecule has 3 nitrogen and oxygen atoms in total. The summed E-state index contributed by atoms with van der Waals surface area (Å²) >= 11 is 1.71. The van der Waals surface area contributed by atoms with E-state index in [0.29, 0.717) is 0 Å². The SMILES string of the molecule is COc1ccc2ncc3sccc3c2c1-c1ccc(CC(C)(C)N)cc1. The molecule has 4 aromatic rings. The van der Waals surface area contributed by atoms with Gasteiger partial charge in [-0.25, -0.2) is 0 Å². The highest BCUT2D eigenvalue weighted by Gasteiger charge is 2.16. The number of aromatic nitrogens is 1. The summed E-state index contributed by atoms with van der Waals surface area (Å²) in [5, 5.41) is 4.48. The number of nitrogens with two attached hydrogens (primary N) is 1. The molecular formula is C22H22N2OS. The van der Waals surface area contributed by atoms with Gasteiger partial charge in [0.15, 0.2) is 0 Å². The summed E-state index contributed by atoms with van der Waals surface area (Å²) in [6, 6.07) is 14.8. The fourth-order valence-electron chi connectivity index (χ4n) is 3.48. The maximum Gasteiger partial charge on any atom is 0.127 e. The molecule has 0 fully saturated rings. The Bertz CT molecular complexity index is 1080. The van der Waals surface area contributed by atoms with Gasteiger partial charge in [-0.1, -0.05) is 24.3 Å². The van der Waals surface area contributed by atoms with E-state index in [1.165, 1.54) is 15.6 Å². The van der Waals surface area contributed by atoms with Gasteiger partial charge >= 0.3 is 0 Å². The van der Waals surface area contributed by atoms with Crippen molar-refractivity contribution in [2.24, 2.45) is 5.73 Å². The minimum atomic E-state index is -0.217. The lowest BCUT2D eigenvalue weighted by Crippen LogP contribution is -2.34. The zero-order valence-corrected chi connectivity index (χ0v) is 16.1. The Morgan fingerprint density at radius 3 is 2.54 bits per heavy atom. The smallest absolute Gasteiger partial charge is 0.127 e. The topological polar surface area (TPSA) is 48.1 Å². The monoisotopic (exact) mass is 362 g/mol. The van der Waals surface area contributed by atoms with E-state index in [9.17, 15) is 0 Å². The first-order chi connectivity index (χ1) is 12.5. The first-order valence-corrected chi connectivity index (χ1v) is 9.55. The third-order valence-electron chi connectivity index (χ3n) is 4.55. The number of hydrogen-bond acceptors (Lipinski definition) is 4. The van der Waals surface area contributed by atoms with Crippen LogP contribution < -0.4 is 10.5 Å². The van der Waals surface area contributed by atoms with Gasteiger partial charge in [0.2, 0.25) is 0 Å². The van der Waals surface area contributed by atoms with Crippen molar-refractivity contribution in [3.8, 4) is 16.9 Å². The molecule has 0 radical (unpaired) electrons. The van der Waals surface area contributed by atoms with Crippen molar-refractivity contribution >= 4 is 32.3 Å². The number of ether oxygens (including phenoxy) is 1. The molecule has 2 heterocycles. The molecule has 0 bridgehead atoms. The molecule has 0 amide bonds. The number of rotatable bonds is 4. The molecule has 0 unspecified atom stereocenters. The highest BCUT2D eigenvalue weighted by molar-refractivity contribution is 7.17. The van der Waals surface area contributed by atoms with Gasteiger partial charge in [0.05, 0.1) is 17.3 Å². The maximum atomic E-state index is 6.16. The van der Waals surface area contributed by atoms with Gasteiger partial charge in [-0.15, -0.1) is 11.3 Å². The minimum Gasteiger partial charge on any atom is -0.496 e. The van der Waals surface area contributed by atoms with Crippen LogP contribution in [0.5, 0.6) is 5.75 Å². The molecule has 4 rings (SSSR count). The second-order valence-corrected chi connectivity index (χ2v) is 8.30. The molecule has 2 N–H and O–H groups in total. The summed E-state index contributed by atoms with van der Waals surface area (Å²) in [4.78, 5) is 4.65. The Morgan fingerprint density at radius 2 is 1.85 bits per heavy atom. The second kappa shape index (κ2) is 6.38. The van der Waals surface area contributed by atoms with Crippen LogP contribution in [0.15, 0.2) is 54.0 Å². The van der Waals surface area contributed by atoms with Gasteiger partial charge in [-0.05, 0) is 55.0 Å². The number of methoxy groups -OCH3 is 1. The Morgan fingerprint density at radius 1 is 1.08 bits per heavy atom. The van der Waals surface area contributed by atoms with Crippen LogP contribution in [0.2, 0.25) is 0 Å². The molecule has 132 valence electrons. The van der Waals surface area contributed by atoms with Gasteiger partial charge in [0.1, 0.15) is 5.75 Å². The fourth-order valence-corrected chi connectivity index (χ4v) is 4.24. The van der Waals surface area contributed by atoms with Crippen LogP contribution in [0.25, 0.3) is 32.1 Å². The van der Waals surface area contributed by atoms with Crippen LogP contribution in [0, 0.1) is 0 Å². The largest absolute Gasteiger partial charge is 0.496 e. The summed E-state index contributed by atoms with van der Waals surface area (Å²) < 4.78 is 6.89. The molecule has 4 heteroatoms. The third-order valence-corrected chi connectivity index (χ3v) is 5.40. The quantitative estimate of drug-likeness (QED) is 0.528. The van der Waals surface area contributed by atoms with Crippen LogP contribution in [-0.4, -0.2) is 17.6 Å². The molecule has 0 saturated carbocycles. The number of thiophene rings is 1. The van der Waals surface area contributed by atoms with Crippen LogP contribution in [0.3, 0.4) is 0 Å². The predicted octanol–water partition coefficient (Wildman–Crippen LogP) is 5.40. The summed E-state index contributed by atoms with van der Waals surface area (Å²) in [7, 11) is 1.72. The Labute approximate surface area is 157 Å². The molecule has 0 saturated heterocycles. The zero-order valence-electron chi connectivity index (χ0n) is 15.2. The van der Waals surface area contributed by atoms with Gasteiger partial charge in [-0.3, -0.25) is 4.98 Å². The first-order valence-electron chi connectivity index (χ1n) is 8.67. The normalized spacial score (nSPS) is 12.0. The number of benzene rings is 2. The minimum absolute atomic E-state index is 0.217. The molecule has 0 aliphatic heterocycles. The van der Waals surface area contributed by atoms with E-state index in [1.54, 1.807) is 18.4 Å². The van der Waals surface area contributed by atoms with Crippen LogP contribution >= 0.6 is 11.3 Å². The lowest BCUT2D eigenvalue weighted by molar-refractivity contribution is 0.417. The maximum absolute atomic E-state index is 6.16. The number of fused-ring (bicyclic) bond motifs is 3. The average molecular weight is 362 g/mol. The Balaban J connectivity index is 1.93. The average Bonchev–Trinajstić information content (AvgIpc) is 3.09. The van der Waals surface area contributed by atoms with E-state index in [-0.39, 0.29) is 5.54 Å². The third kappa shape index (κ3) is 3.06. The summed E-state index contributed by atoms with van der Waals surface area (Å²) in [6.07, 6.45) is 2.79. The summed E-state index contributed by atoms with van der Waals surface area (Å²) in [5.74, 6) is 0.866. The zero-order chi connectivity index (χ0) is 18.3. The van der Waals surface area contributed by atoms with E-state index < -0.39 is 0 Å². The molecule has 0 aliphatic rings. The van der Waals surface area contributed by atoms with E-state index in [1.807, 2.05) is 32.2 Å². The van der Waals surface area contributed by atoms with Crippen molar-refractivity contribution in [3.05, 3.63) is 59.6 Å². The van der Waals surface area contributed by atoms with Gasteiger partial charge in [0.25, 0.3) is 0 Å². The van der Waals surface area contributed by atoms with Crippen molar-refractivity contribution in [1.29, 1.82) is 0 Å². The molecular weight excluding hydrogens is 340 g/mol. The number of nitrogens with zero attached hydrogens (tertiary/aromatic N) is 1. The van der Waals surface area contributed by atoms with Crippen molar-refractivity contribution < 1.29 is 4.74 Å². The van der Waals surface area contributed by atoms with Crippen molar-refractivity contribution in [2.45, 2.75) is 25.8 Å². The van der Waals surface area contributed by atoms with Crippen LogP contribution in [0.1, 0.15) is 19.4 Å². The highest BCUT2D eigenvalue weighted by atomic mass is 32.1. The predicted molar refractivity (Wildman–Crippen MR) is 111 cm³/mol. The number of pyridine rings is 1. The lowest BCUT2D eigenvalue weighted by Gasteiger charge is -2.19. The standard InChI is InChI=1S/C22H22N2OS/c1-22(2,23)12-14-4-6-15(7-5-14)20-18(25-3)9-8-17-21(20)16-10-11-26-19(16)13-24-17/h4-11,13H,12,23H2,1-3H3. The first kappa shape index (κ1) is 17.0. The van der Waals surface area contributed by atoms with Crippen LogP contribution in [0.4, 0.5) is 0 Å². The Hall–Kier alpha value is -2.43. The molecule has 0 aliphatic carbocycles. The molecule has 0 spiro atoms. The van der Waals surface area contributed by atoms with Crippen molar-refractivity contribution in [3.63, 3.8) is 0 Å². The van der Waals surface area contributed by atoms with E-state index in [2.05, 4.69) is 40.7 Å².